The van der Waals surface area contributed by atoms with Crippen molar-refractivity contribution >= 4 is 57.4 Å². The van der Waals surface area contributed by atoms with Crippen LogP contribution in [0, 0.1) is 0 Å². The van der Waals surface area contributed by atoms with Crippen LogP contribution in [0.1, 0.15) is 0 Å². The molecule has 0 atom stereocenters. The molecule has 0 saturated carbocycles. The minimum Gasteiger partial charge on any atom is -0.652 e. The van der Waals surface area contributed by atoms with Crippen LogP contribution in [0.3, 0.4) is 0 Å². The molecule has 0 fully saturated rings. The van der Waals surface area contributed by atoms with Gasteiger partial charge in [0.25, 0.3) is 0 Å². The molecule has 0 unspecified atom stereocenters. The van der Waals surface area contributed by atoms with Gasteiger partial charge in [-0.2, -0.15) is 13.5 Å². The van der Waals surface area contributed by atoms with Crippen LogP contribution in [0.5, 0.6) is 0 Å². The summed E-state index contributed by atoms with van der Waals surface area (Å²) in [5, 5.41) is 16.7. The van der Waals surface area contributed by atoms with Crippen molar-refractivity contribution in [3.05, 3.63) is 0 Å². The second-order valence-corrected chi connectivity index (χ2v) is 0.250. The van der Waals surface area contributed by atoms with Crippen LogP contribution in [0.2, 0.25) is 0 Å². The van der Waals surface area contributed by atoms with Gasteiger partial charge < -0.3 is 15.0 Å². The number of carboxylic acid groups (broad SMARTS) is 2. The molecule has 0 saturated heterocycles. The van der Waals surface area contributed by atoms with Gasteiger partial charge in [-0.1, -0.05) is 0 Å². The summed E-state index contributed by atoms with van der Waals surface area (Å²) in [6.07, 6.45) is -2.33. The summed E-state index contributed by atoms with van der Waals surface area (Å²) in [5.41, 5.74) is 0. The van der Waals surface area contributed by atoms with E-state index in [1.54, 1.807) is 0 Å². The molecule has 0 heterocycles. The van der Waals surface area contributed by atoms with Crippen LogP contribution in [0.15, 0.2) is 0 Å². The largest absolute Gasteiger partial charge is 2.00 e. The SMILES string of the molecule is O=C([O-])[O-].S.[Ca+2]. The molecular weight excluding hydrogens is 132 g/mol. The van der Waals surface area contributed by atoms with E-state index in [0.29, 0.717) is 0 Å². The van der Waals surface area contributed by atoms with Crippen LogP contribution >= 0.6 is 13.5 Å². The number of carbonyl (C=O) groups is 1. The number of hydrogen-bond acceptors (Lipinski definition) is 3. The molecule has 0 spiro atoms. The Hall–Kier alpha value is 0.880. The third-order valence-corrected chi connectivity index (χ3v) is 0. The fourth-order valence-corrected chi connectivity index (χ4v) is 0. The molecule has 0 aromatic heterocycles. The summed E-state index contributed by atoms with van der Waals surface area (Å²) in [6, 6.07) is 0. The Morgan fingerprint density at radius 3 is 1.33 bits per heavy atom. The molecule has 0 aromatic rings. The molecule has 0 aliphatic carbocycles. The fourth-order valence-electron chi connectivity index (χ4n) is 0. The topological polar surface area (TPSA) is 63.2 Å². The monoisotopic (exact) mass is 134 g/mol. The van der Waals surface area contributed by atoms with E-state index in [2.05, 4.69) is 0 Å². The Morgan fingerprint density at radius 1 is 1.33 bits per heavy atom. The van der Waals surface area contributed by atoms with Crippen molar-refractivity contribution < 1.29 is 15.0 Å². The summed E-state index contributed by atoms with van der Waals surface area (Å²) < 4.78 is 0. The van der Waals surface area contributed by atoms with Crippen LogP contribution in [-0.2, 0) is 0 Å². The van der Waals surface area contributed by atoms with Crippen molar-refractivity contribution in [2.75, 3.05) is 0 Å². The molecular formula is CH2CaO3S. The minimum atomic E-state index is -2.33. The van der Waals surface area contributed by atoms with Crippen molar-refractivity contribution in [1.29, 1.82) is 0 Å². The Morgan fingerprint density at radius 2 is 1.33 bits per heavy atom. The number of carbonyl (C=O) groups excluding carboxylic acids is 1. The molecule has 0 bridgehead atoms. The van der Waals surface area contributed by atoms with E-state index in [1.807, 2.05) is 0 Å². The summed E-state index contributed by atoms with van der Waals surface area (Å²) >= 11 is 0. The van der Waals surface area contributed by atoms with E-state index in [1.165, 1.54) is 0 Å². The Balaban J connectivity index is -0.0000000450. The zero-order valence-corrected chi connectivity index (χ0v) is 6.14. The molecule has 6 heavy (non-hydrogen) atoms. The molecule has 0 N–H and O–H groups in total. The zero-order valence-electron chi connectivity index (χ0n) is 2.93. The Labute approximate surface area is 71.8 Å². The van der Waals surface area contributed by atoms with Gasteiger partial charge in [-0.25, -0.2) is 0 Å². The molecule has 0 amide bonds. The maximum absolute atomic E-state index is 8.33. The maximum atomic E-state index is 8.33. The molecule has 0 aliphatic heterocycles. The van der Waals surface area contributed by atoms with Crippen molar-refractivity contribution in [1.82, 2.24) is 0 Å². The van der Waals surface area contributed by atoms with E-state index in [9.17, 15) is 0 Å². The van der Waals surface area contributed by atoms with Gasteiger partial charge in [-0.05, 0) is 6.16 Å². The van der Waals surface area contributed by atoms with Gasteiger partial charge in [-0.3, -0.25) is 0 Å². The van der Waals surface area contributed by atoms with Gasteiger partial charge in [-0.15, -0.1) is 0 Å². The van der Waals surface area contributed by atoms with Crippen LogP contribution in [-0.4, -0.2) is 43.9 Å². The average molecular weight is 134 g/mol. The van der Waals surface area contributed by atoms with Crippen LogP contribution in [0.4, 0.5) is 4.79 Å². The predicted molar refractivity (Wildman–Crippen MR) is 21.5 cm³/mol. The van der Waals surface area contributed by atoms with Gasteiger partial charge >= 0.3 is 37.7 Å². The Bertz CT molecular complexity index is 33.8. The first-order chi connectivity index (χ1) is 1.73. The fraction of sp³-hybridized carbons (Fsp3) is 0. The summed E-state index contributed by atoms with van der Waals surface area (Å²) in [5.74, 6) is 0. The standard InChI is InChI=1S/CH2O3.Ca.H2S/c2-1(3)4;;/h(H2,2,3,4);;1H2/q;+2;/p-2. The summed E-state index contributed by atoms with van der Waals surface area (Å²) in [6.45, 7) is 0. The Kier molecular flexibility index (Phi) is 24.5. The zero-order chi connectivity index (χ0) is 3.58. The summed E-state index contributed by atoms with van der Waals surface area (Å²) in [4.78, 5) is 8.33. The molecule has 0 aliphatic rings. The molecule has 0 radical (unpaired) electrons. The first-order valence-corrected chi connectivity index (χ1v) is 0.612. The number of hydrogen-bond donors (Lipinski definition) is 0. The smallest absolute Gasteiger partial charge is 0.652 e. The van der Waals surface area contributed by atoms with E-state index in [-0.39, 0.29) is 51.2 Å². The van der Waals surface area contributed by atoms with Crippen molar-refractivity contribution in [3.63, 3.8) is 0 Å². The van der Waals surface area contributed by atoms with Gasteiger partial charge in [0.15, 0.2) is 0 Å². The van der Waals surface area contributed by atoms with E-state index < -0.39 is 6.16 Å². The van der Waals surface area contributed by atoms with Gasteiger partial charge in [0, 0.05) is 0 Å². The van der Waals surface area contributed by atoms with Crippen LogP contribution < -0.4 is 10.2 Å². The normalized spacial score (nSPS) is 4.00. The minimum absolute atomic E-state index is 0. The van der Waals surface area contributed by atoms with Crippen molar-refractivity contribution in [2.45, 2.75) is 0 Å². The molecule has 3 nitrogen and oxygen atoms in total. The third-order valence-electron chi connectivity index (χ3n) is 0. The molecule has 0 rings (SSSR count). The van der Waals surface area contributed by atoms with Crippen molar-refractivity contribution in [2.24, 2.45) is 0 Å². The van der Waals surface area contributed by atoms with E-state index in [4.69, 9.17) is 15.0 Å². The average Bonchev–Trinajstić information content (AvgIpc) is 0.811. The second-order valence-electron chi connectivity index (χ2n) is 0.250. The van der Waals surface area contributed by atoms with E-state index in [0.717, 1.165) is 0 Å². The summed E-state index contributed by atoms with van der Waals surface area (Å²) in [7, 11) is 0. The first kappa shape index (κ1) is 15.8. The van der Waals surface area contributed by atoms with Gasteiger partial charge in [0.1, 0.15) is 0 Å². The third kappa shape index (κ3) is 94.9. The first-order valence-electron chi connectivity index (χ1n) is 0.612. The molecule has 0 aromatic carbocycles. The quantitative estimate of drug-likeness (QED) is 0.338. The van der Waals surface area contributed by atoms with Gasteiger partial charge in [0.2, 0.25) is 0 Å². The van der Waals surface area contributed by atoms with Crippen molar-refractivity contribution in [3.8, 4) is 0 Å². The second kappa shape index (κ2) is 9.30. The van der Waals surface area contributed by atoms with Gasteiger partial charge in [0.05, 0.1) is 0 Å². The van der Waals surface area contributed by atoms with E-state index >= 15 is 0 Å². The molecule has 5 heteroatoms. The van der Waals surface area contributed by atoms with Crippen LogP contribution in [0.25, 0.3) is 0 Å². The maximum Gasteiger partial charge on any atom is 2.00 e. The number of rotatable bonds is 0. The predicted octanol–water partition coefficient (Wildman–Crippen LogP) is -2.71. The molecule has 32 valence electrons.